The fourth-order valence-corrected chi connectivity index (χ4v) is 0.770. The second kappa shape index (κ2) is 5.09. The van der Waals surface area contributed by atoms with Crippen molar-refractivity contribution in [1.82, 2.24) is 4.90 Å². The number of amides is 1. The molecule has 1 atom stereocenters. The van der Waals surface area contributed by atoms with E-state index in [9.17, 15) is 4.79 Å². The smallest absolute Gasteiger partial charge is 0.231 e. The Morgan fingerprint density at radius 2 is 2.27 bits per heavy atom. The van der Waals surface area contributed by atoms with Crippen LogP contribution in [0.1, 0.15) is 6.92 Å². The van der Waals surface area contributed by atoms with Gasteiger partial charge < -0.3 is 10.5 Å². The summed E-state index contributed by atoms with van der Waals surface area (Å²) in [6.45, 7) is 2.88. The van der Waals surface area contributed by atoms with Gasteiger partial charge >= 0.3 is 0 Å². The van der Waals surface area contributed by atoms with Crippen molar-refractivity contribution in [3.8, 4) is 0 Å². The van der Waals surface area contributed by atoms with Gasteiger partial charge in [-0.25, -0.2) is 0 Å². The van der Waals surface area contributed by atoms with E-state index in [1.165, 1.54) is 0 Å². The van der Waals surface area contributed by atoms with Crippen molar-refractivity contribution in [1.29, 1.82) is 0 Å². The molecule has 1 amide bonds. The Balaban J connectivity index is 3.63. The number of carbonyl (C=O) groups excluding carboxylic acids is 1. The topological polar surface area (TPSA) is 55.6 Å². The van der Waals surface area contributed by atoms with Crippen molar-refractivity contribution in [2.75, 3.05) is 27.3 Å². The molecule has 0 radical (unpaired) electrons. The summed E-state index contributed by atoms with van der Waals surface area (Å²) in [6.07, 6.45) is 0. The maximum Gasteiger partial charge on any atom is 0.231 e. The number of nitrogens with zero attached hydrogens (tertiary/aromatic N) is 1. The van der Waals surface area contributed by atoms with Crippen molar-refractivity contribution in [2.45, 2.75) is 13.0 Å². The fraction of sp³-hybridized carbons (Fsp3) is 0.857. The molecular weight excluding hydrogens is 144 g/mol. The summed E-state index contributed by atoms with van der Waals surface area (Å²) >= 11 is 0. The molecule has 0 saturated carbocycles. The molecule has 0 saturated heterocycles. The van der Waals surface area contributed by atoms with Gasteiger partial charge in [0.2, 0.25) is 5.91 Å². The molecule has 0 aliphatic heterocycles. The normalized spacial score (nSPS) is 13.5. The lowest BCUT2D eigenvalue weighted by Crippen LogP contribution is -2.39. The first kappa shape index (κ1) is 10.4. The van der Waals surface area contributed by atoms with E-state index in [0.717, 1.165) is 0 Å². The maximum absolute atomic E-state index is 10.5. The molecule has 4 nitrogen and oxygen atoms in total. The van der Waals surface area contributed by atoms with Crippen LogP contribution in [-0.4, -0.2) is 44.2 Å². The van der Waals surface area contributed by atoms with Gasteiger partial charge in [0.1, 0.15) is 0 Å². The van der Waals surface area contributed by atoms with Crippen molar-refractivity contribution in [2.24, 2.45) is 5.73 Å². The Morgan fingerprint density at radius 1 is 1.73 bits per heavy atom. The number of ether oxygens (including phenoxy) is 1. The van der Waals surface area contributed by atoms with E-state index in [0.29, 0.717) is 6.61 Å². The van der Waals surface area contributed by atoms with Gasteiger partial charge in [0.05, 0.1) is 13.2 Å². The molecule has 0 aliphatic rings. The molecule has 0 aliphatic carbocycles. The molecule has 0 rings (SSSR count). The Hall–Kier alpha value is -0.610. The largest absolute Gasteiger partial charge is 0.383 e. The SMILES string of the molecule is COCC(C)N(C)CC(N)=O. The van der Waals surface area contributed by atoms with Crippen molar-refractivity contribution in [3.63, 3.8) is 0 Å². The Labute approximate surface area is 67.3 Å². The van der Waals surface area contributed by atoms with Crippen LogP contribution in [0.3, 0.4) is 0 Å². The second-order valence-electron chi connectivity index (χ2n) is 2.69. The van der Waals surface area contributed by atoms with Gasteiger partial charge in [-0.15, -0.1) is 0 Å². The third kappa shape index (κ3) is 4.75. The monoisotopic (exact) mass is 160 g/mol. The summed E-state index contributed by atoms with van der Waals surface area (Å²) in [6, 6.07) is 0.229. The Bertz CT molecular complexity index is 128. The number of carbonyl (C=O) groups is 1. The molecule has 0 bridgehead atoms. The van der Waals surface area contributed by atoms with Crippen LogP contribution >= 0.6 is 0 Å². The number of rotatable bonds is 5. The molecule has 11 heavy (non-hydrogen) atoms. The molecule has 0 spiro atoms. The predicted octanol–water partition coefficient (Wildman–Crippen LogP) is -0.562. The van der Waals surface area contributed by atoms with Gasteiger partial charge in [0, 0.05) is 13.2 Å². The summed E-state index contributed by atoms with van der Waals surface area (Å²) in [5.74, 6) is -0.310. The lowest BCUT2D eigenvalue weighted by atomic mass is 10.3. The molecule has 0 aromatic rings. The first-order valence-electron chi connectivity index (χ1n) is 3.55. The van der Waals surface area contributed by atoms with Gasteiger partial charge in [-0.2, -0.15) is 0 Å². The van der Waals surface area contributed by atoms with Gasteiger partial charge in [-0.3, -0.25) is 9.69 Å². The third-order valence-corrected chi connectivity index (χ3v) is 1.57. The Kier molecular flexibility index (Phi) is 4.81. The van der Waals surface area contributed by atoms with Crippen LogP contribution in [0.2, 0.25) is 0 Å². The summed E-state index contributed by atoms with van der Waals surface area (Å²) in [4.78, 5) is 12.3. The lowest BCUT2D eigenvalue weighted by Gasteiger charge is -2.21. The van der Waals surface area contributed by atoms with Crippen LogP contribution in [0, 0.1) is 0 Å². The van der Waals surface area contributed by atoms with E-state index >= 15 is 0 Å². The van der Waals surface area contributed by atoms with E-state index in [4.69, 9.17) is 10.5 Å². The number of methoxy groups -OCH3 is 1. The van der Waals surface area contributed by atoms with Gasteiger partial charge in [0.25, 0.3) is 0 Å². The zero-order valence-corrected chi connectivity index (χ0v) is 7.33. The number of nitrogens with two attached hydrogens (primary N) is 1. The Morgan fingerprint density at radius 3 is 2.64 bits per heavy atom. The quantitative estimate of drug-likeness (QED) is 0.586. The molecule has 0 heterocycles. The van der Waals surface area contributed by atoms with Crippen molar-refractivity contribution in [3.05, 3.63) is 0 Å². The van der Waals surface area contributed by atoms with Gasteiger partial charge in [-0.1, -0.05) is 0 Å². The fourth-order valence-electron chi connectivity index (χ4n) is 0.770. The second-order valence-corrected chi connectivity index (χ2v) is 2.69. The van der Waals surface area contributed by atoms with E-state index in [-0.39, 0.29) is 18.5 Å². The zero-order chi connectivity index (χ0) is 8.85. The first-order valence-corrected chi connectivity index (χ1v) is 3.55. The van der Waals surface area contributed by atoms with E-state index in [1.807, 2.05) is 18.9 Å². The summed E-state index contributed by atoms with van der Waals surface area (Å²) < 4.78 is 4.91. The minimum absolute atomic E-state index is 0.229. The lowest BCUT2D eigenvalue weighted by molar-refractivity contribution is -0.119. The van der Waals surface area contributed by atoms with Crippen LogP contribution < -0.4 is 5.73 Å². The number of hydrogen-bond donors (Lipinski definition) is 1. The molecule has 66 valence electrons. The molecule has 2 N–H and O–H groups in total. The third-order valence-electron chi connectivity index (χ3n) is 1.57. The zero-order valence-electron chi connectivity index (χ0n) is 7.33. The average molecular weight is 160 g/mol. The highest BCUT2D eigenvalue weighted by molar-refractivity contribution is 5.75. The van der Waals surface area contributed by atoms with Crippen LogP contribution in [0.15, 0.2) is 0 Å². The molecule has 0 aromatic carbocycles. The molecule has 0 fully saturated rings. The first-order chi connectivity index (χ1) is 5.07. The van der Waals surface area contributed by atoms with Crippen LogP contribution in [-0.2, 0) is 9.53 Å². The summed E-state index contributed by atoms with van der Waals surface area (Å²) in [5, 5.41) is 0. The highest BCUT2D eigenvalue weighted by Gasteiger charge is 2.09. The van der Waals surface area contributed by atoms with Crippen LogP contribution in [0.4, 0.5) is 0 Å². The summed E-state index contributed by atoms with van der Waals surface area (Å²) in [7, 11) is 3.48. The van der Waals surface area contributed by atoms with Crippen molar-refractivity contribution < 1.29 is 9.53 Å². The number of primary amides is 1. The predicted molar refractivity (Wildman–Crippen MR) is 43.2 cm³/mol. The number of hydrogen-bond acceptors (Lipinski definition) is 3. The van der Waals surface area contributed by atoms with Crippen LogP contribution in [0.25, 0.3) is 0 Å². The number of likely N-dealkylation sites (N-methyl/N-ethyl adjacent to an activating group) is 1. The standard InChI is InChI=1S/C7H16N2O2/c1-6(5-11-3)9(2)4-7(8)10/h6H,4-5H2,1-3H3,(H2,8,10). The maximum atomic E-state index is 10.5. The van der Waals surface area contributed by atoms with Crippen molar-refractivity contribution >= 4 is 5.91 Å². The molecule has 1 unspecified atom stereocenters. The highest BCUT2D eigenvalue weighted by atomic mass is 16.5. The van der Waals surface area contributed by atoms with Gasteiger partial charge in [0.15, 0.2) is 0 Å². The minimum Gasteiger partial charge on any atom is -0.383 e. The van der Waals surface area contributed by atoms with E-state index in [2.05, 4.69) is 0 Å². The van der Waals surface area contributed by atoms with E-state index in [1.54, 1.807) is 7.11 Å². The highest BCUT2D eigenvalue weighted by Crippen LogP contribution is 1.93. The summed E-state index contributed by atoms with van der Waals surface area (Å²) in [5.41, 5.74) is 5.01. The molecule has 4 heteroatoms. The van der Waals surface area contributed by atoms with E-state index < -0.39 is 0 Å². The van der Waals surface area contributed by atoms with Gasteiger partial charge in [-0.05, 0) is 14.0 Å². The minimum atomic E-state index is -0.310. The van der Waals surface area contributed by atoms with Crippen LogP contribution in [0.5, 0.6) is 0 Å². The molecule has 0 aromatic heterocycles. The average Bonchev–Trinajstić information content (AvgIpc) is 1.86. The molecular formula is C7H16N2O2.